The molecular weight excluding hydrogens is 728 g/mol. The van der Waals surface area contributed by atoms with E-state index in [9.17, 15) is 19.4 Å². The highest BCUT2D eigenvalue weighted by Gasteiger charge is 2.65. The topological polar surface area (TPSA) is 40.6 Å². The second kappa shape index (κ2) is 10.1. The van der Waals surface area contributed by atoms with Crippen LogP contribution in [-0.4, -0.2) is 30.4 Å². The molecule has 1 fully saturated rings. The van der Waals surface area contributed by atoms with Crippen LogP contribution in [0.3, 0.4) is 0 Å². The highest BCUT2D eigenvalue weighted by atomic mass is 127. The molecule has 44 heavy (non-hydrogen) atoms. The zero-order chi connectivity index (χ0) is 33.0. The van der Waals surface area contributed by atoms with Gasteiger partial charge in [-0.2, -0.15) is 0 Å². The van der Waals surface area contributed by atoms with Crippen LogP contribution in [0.25, 0.3) is 0 Å². The summed E-state index contributed by atoms with van der Waals surface area (Å²) in [6, 6.07) is 3.25. The molecule has 3 heterocycles. The number of aromatic nitrogens is 1. The number of pyridine rings is 1. The lowest BCUT2D eigenvalue weighted by Crippen LogP contribution is -2.47. The van der Waals surface area contributed by atoms with E-state index in [1.165, 1.54) is 0 Å². The van der Waals surface area contributed by atoms with E-state index in [1.807, 2.05) is 0 Å². The lowest BCUT2D eigenvalue weighted by Gasteiger charge is -2.47. The van der Waals surface area contributed by atoms with Gasteiger partial charge < -0.3 is 13.9 Å². The number of ether oxygens (including phenoxy) is 2. The Morgan fingerprint density at radius 1 is 1.05 bits per heavy atom. The molecule has 1 aliphatic carbocycles. The van der Waals surface area contributed by atoms with E-state index in [0.717, 1.165) is 53.1 Å². The van der Waals surface area contributed by atoms with E-state index in [4.69, 9.17) is 18.9 Å². The number of benzene rings is 1. The average molecular weight is 774 g/mol. The van der Waals surface area contributed by atoms with Crippen LogP contribution in [0.1, 0.15) is 113 Å². The molecule has 5 rings (SSSR count). The van der Waals surface area contributed by atoms with Gasteiger partial charge in [-0.3, -0.25) is 4.98 Å². The monoisotopic (exact) mass is 773 g/mol. The summed E-state index contributed by atoms with van der Waals surface area (Å²) >= 11 is 2.37. The van der Waals surface area contributed by atoms with E-state index in [-0.39, 0.29) is 26.4 Å². The van der Waals surface area contributed by atoms with E-state index in [2.05, 4.69) is 84.2 Å². The molecule has 2 aliphatic heterocycles. The number of alkyl halides is 1. The zero-order valence-electron chi connectivity index (χ0n) is 27.0. The molecule has 3 aliphatic rings. The van der Waals surface area contributed by atoms with Gasteiger partial charge in [-0.25, -0.2) is 0 Å². The summed E-state index contributed by atoms with van der Waals surface area (Å²) in [4.78, 5) is 3.40. The Bertz CT molecular complexity index is 1460. The van der Waals surface area contributed by atoms with Crippen LogP contribution in [0.5, 0.6) is 0 Å². The van der Waals surface area contributed by atoms with Gasteiger partial charge in [-0.1, -0.05) is 103 Å². The molecule has 4 nitrogen and oxygen atoms in total. The first-order chi connectivity index (χ1) is 19.8. The molecule has 1 aromatic carbocycles. The number of fused-ring (bicyclic) bond motifs is 4. The molecule has 12 heteroatoms. The van der Waals surface area contributed by atoms with Crippen LogP contribution in [-0.2, 0) is 25.9 Å². The van der Waals surface area contributed by atoms with Gasteiger partial charge in [0, 0.05) is 41.1 Å². The van der Waals surface area contributed by atoms with Gasteiger partial charge in [-0.05, 0) is 60.0 Å². The lowest BCUT2D eigenvalue weighted by atomic mass is 9.70. The molecule has 248 valence electrons. The number of hydrogen-bond acceptors (Lipinski definition) is 4. The predicted molar refractivity (Wildman–Crippen MR) is 177 cm³/mol. The van der Waals surface area contributed by atoms with E-state index >= 15 is 0 Å². The number of halogens is 6. The summed E-state index contributed by atoms with van der Waals surface area (Å²) < 4.78 is 88.3. The van der Waals surface area contributed by atoms with Crippen LogP contribution < -0.4 is 0 Å². The fourth-order valence-electron chi connectivity index (χ4n) is 6.67. The third kappa shape index (κ3) is 6.13. The van der Waals surface area contributed by atoms with Crippen LogP contribution in [0.15, 0.2) is 29.2 Å². The van der Waals surface area contributed by atoms with Gasteiger partial charge in [0.25, 0.3) is 0 Å². The molecule has 0 N–H and O–H groups in total. The number of nitrogens with zero attached hydrogens (tertiary/aromatic N) is 1. The van der Waals surface area contributed by atoms with Crippen molar-refractivity contribution in [3.8, 4) is 0 Å². The minimum absolute atomic E-state index is 0.0171. The van der Waals surface area contributed by atoms with Crippen molar-refractivity contribution in [2.24, 2.45) is 5.41 Å². The quantitative estimate of drug-likeness (QED) is 0.131. The second-order valence-electron chi connectivity index (χ2n) is 15.4. The molecule has 0 radical (unpaired) electrons. The lowest BCUT2D eigenvalue weighted by molar-refractivity contribution is -0.113. The van der Waals surface area contributed by atoms with Crippen molar-refractivity contribution in [1.82, 2.24) is 4.98 Å². The Balaban J connectivity index is 1.79. The minimum atomic E-state index is -9.83. The van der Waals surface area contributed by atoms with Crippen molar-refractivity contribution in [3.05, 3.63) is 57.9 Å². The van der Waals surface area contributed by atoms with Crippen molar-refractivity contribution in [3.63, 3.8) is 0 Å². The maximum Gasteiger partial charge on any atom is 0.310 e. The Labute approximate surface area is 273 Å². The average Bonchev–Trinajstić information content (AvgIpc) is 3.18. The Hall–Kier alpha value is -0.803. The first-order valence-electron chi connectivity index (χ1n) is 15.2. The maximum absolute atomic E-state index is 13.6. The van der Waals surface area contributed by atoms with Crippen LogP contribution in [0, 0.1) is 5.41 Å². The highest BCUT2D eigenvalue weighted by Crippen LogP contribution is 3.02. The van der Waals surface area contributed by atoms with Crippen molar-refractivity contribution >= 4 is 41.1 Å². The Kier molecular flexibility index (Phi) is 7.93. The van der Waals surface area contributed by atoms with Gasteiger partial charge in [-0.15, -0.1) is 0 Å². The van der Waals surface area contributed by atoms with Gasteiger partial charge in [0.2, 0.25) is 0 Å². The summed E-state index contributed by atoms with van der Waals surface area (Å²) in [6.45, 7) is 20.6. The summed E-state index contributed by atoms with van der Waals surface area (Å²) in [5.74, 6) is -0.0171. The molecule has 2 unspecified atom stereocenters. The molecule has 0 bridgehead atoms. The molecule has 4 atom stereocenters. The van der Waals surface area contributed by atoms with Crippen molar-refractivity contribution < 1.29 is 33.3 Å². The van der Waals surface area contributed by atoms with Crippen molar-refractivity contribution in [2.45, 2.75) is 118 Å². The fourth-order valence-corrected chi connectivity index (χ4v) is 9.61. The standard InChI is InChI=1S/C32H45F5INO3SSi/c1-19(2)28-26-27(25-22(39-28)16-31(6,7)17-23(25)42-44(8,9)30(3,4)5)32(14-15-40-18-24(32)38)41-29(26)20-10-12-21(13-11-20)43(33,34,35,36)37/h10-13,19,23-24,29H,14-18H2,1-9H3/t23-,24?,29+,32?/m0/s1. The molecule has 0 saturated carbocycles. The normalized spacial score (nSPS) is 28.9. The molecule has 1 spiro atoms. The third-order valence-corrected chi connectivity index (χ3v) is 16.9. The number of hydrogen-bond donors (Lipinski definition) is 0. The first-order valence-corrected chi connectivity index (χ1v) is 21.4. The van der Waals surface area contributed by atoms with Gasteiger partial charge in [0.15, 0.2) is 8.32 Å². The van der Waals surface area contributed by atoms with Crippen LogP contribution in [0.4, 0.5) is 19.4 Å². The fraction of sp³-hybridized carbons (Fsp3) is 0.656. The molecule has 1 saturated heterocycles. The van der Waals surface area contributed by atoms with Crippen LogP contribution >= 0.6 is 32.8 Å². The SMILES string of the molecule is CC(C)c1nc2c(c3c1[C@@H](c1ccc(S(F)(F)(F)(F)F)cc1)OC31CCOCC1I)[C@@H](O[Si](C)(C)C(C)(C)C)CC(C)(C)C2. The summed E-state index contributed by atoms with van der Waals surface area (Å²) in [7, 11) is -12.1. The number of rotatable bonds is 5. The van der Waals surface area contributed by atoms with Gasteiger partial charge >= 0.3 is 10.2 Å². The summed E-state index contributed by atoms with van der Waals surface area (Å²) in [5.41, 5.74) is 4.25. The second-order valence-corrected chi connectivity index (χ2v) is 24.1. The summed E-state index contributed by atoms with van der Waals surface area (Å²) in [5, 5.41) is -0.0327. The predicted octanol–water partition coefficient (Wildman–Crippen LogP) is 11.4. The summed E-state index contributed by atoms with van der Waals surface area (Å²) in [6.07, 6.45) is 1.10. The highest BCUT2D eigenvalue weighted by molar-refractivity contribution is 14.1. The van der Waals surface area contributed by atoms with E-state index in [1.54, 1.807) is 0 Å². The van der Waals surface area contributed by atoms with E-state index < -0.39 is 35.1 Å². The third-order valence-electron chi connectivity index (χ3n) is 9.91. The van der Waals surface area contributed by atoms with Crippen LogP contribution in [0.2, 0.25) is 18.1 Å². The van der Waals surface area contributed by atoms with Gasteiger partial charge in [0.1, 0.15) is 16.6 Å². The van der Waals surface area contributed by atoms with Gasteiger partial charge in [0.05, 0.1) is 16.6 Å². The smallest absolute Gasteiger partial charge is 0.310 e. The Morgan fingerprint density at radius 2 is 1.66 bits per heavy atom. The molecule has 1 aromatic heterocycles. The zero-order valence-corrected chi connectivity index (χ0v) is 31.0. The first kappa shape index (κ1) is 34.5. The molecular formula is C32H45F5INO3SSi. The maximum atomic E-state index is 13.6. The largest absolute Gasteiger partial charge is 0.410 e. The Morgan fingerprint density at radius 3 is 2.18 bits per heavy atom. The molecule has 2 aromatic rings. The van der Waals surface area contributed by atoms with E-state index in [0.29, 0.717) is 37.3 Å². The molecule has 0 amide bonds. The van der Waals surface area contributed by atoms with Crippen molar-refractivity contribution in [2.75, 3.05) is 13.2 Å². The van der Waals surface area contributed by atoms with Crippen molar-refractivity contribution in [1.29, 1.82) is 0 Å². The minimum Gasteiger partial charge on any atom is -0.410 e.